The Morgan fingerprint density at radius 3 is 1.90 bits per heavy atom. The number of nitrogens with one attached hydrogen (secondary N) is 1. The maximum Gasteiger partial charge on any atom is 0.183 e. The maximum atomic E-state index is 5.14. The summed E-state index contributed by atoms with van der Waals surface area (Å²) in [6.45, 7) is 0.778. The molecule has 0 saturated carbocycles. The fourth-order valence-electron chi connectivity index (χ4n) is 5.37. The van der Waals surface area contributed by atoms with Crippen molar-refractivity contribution in [3.63, 3.8) is 0 Å². The Balaban J connectivity index is 1.36. The summed E-state index contributed by atoms with van der Waals surface area (Å²) in [5.74, 6) is 1.82. The molecule has 0 amide bonds. The van der Waals surface area contributed by atoms with Crippen LogP contribution in [0.5, 0.6) is 0 Å². The van der Waals surface area contributed by atoms with Crippen molar-refractivity contribution in [3.05, 3.63) is 121 Å². The van der Waals surface area contributed by atoms with Crippen LogP contribution in [-0.4, -0.2) is 26.5 Å². The standard InChI is InChI=1S/C35H23N5S/c1-3-10-22(11-4-1)23-17-19-25(20-18-23)34-38-33(24-12-5-2-6-13-24)39-35(40-34)31-32-29(26-14-7-8-16-28(26)41-32)30-27(37-31)15-9-21-36-30/h1-20,36H,21H2. The average Bonchev–Trinajstić information content (AvgIpc) is 3.45. The molecule has 3 aromatic heterocycles. The number of rotatable bonds is 4. The van der Waals surface area contributed by atoms with Gasteiger partial charge in [0, 0.05) is 33.1 Å². The van der Waals surface area contributed by atoms with E-state index in [1.165, 1.54) is 21.0 Å². The molecule has 6 heteroatoms. The van der Waals surface area contributed by atoms with Gasteiger partial charge in [-0.2, -0.15) is 0 Å². The molecule has 7 aromatic rings. The number of aromatic nitrogens is 4. The number of anilines is 1. The van der Waals surface area contributed by atoms with E-state index in [9.17, 15) is 0 Å². The first-order chi connectivity index (χ1) is 20.3. The van der Waals surface area contributed by atoms with Crippen molar-refractivity contribution < 1.29 is 0 Å². The third-order valence-corrected chi connectivity index (χ3v) is 8.53. The van der Waals surface area contributed by atoms with E-state index in [0.29, 0.717) is 17.5 Å². The molecule has 0 spiro atoms. The quantitative estimate of drug-likeness (QED) is 0.240. The van der Waals surface area contributed by atoms with Crippen LogP contribution in [-0.2, 0) is 0 Å². The van der Waals surface area contributed by atoms with Crippen molar-refractivity contribution in [3.8, 4) is 45.4 Å². The molecule has 0 fully saturated rings. The van der Waals surface area contributed by atoms with Gasteiger partial charge in [0.2, 0.25) is 0 Å². The van der Waals surface area contributed by atoms with Crippen molar-refractivity contribution in [2.24, 2.45) is 0 Å². The van der Waals surface area contributed by atoms with Crippen molar-refractivity contribution in [1.82, 2.24) is 19.9 Å². The zero-order chi connectivity index (χ0) is 27.2. The maximum absolute atomic E-state index is 5.14. The van der Waals surface area contributed by atoms with Crippen LogP contribution in [0.3, 0.4) is 0 Å². The van der Waals surface area contributed by atoms with Crippen molar-refractivity contribution >= 4 is 43.3 Å². The number of fused-ring (bicyclic) bond motifs is 5. The Bertz CT molecular complexity index is 2080. The van der Waals surface area contributed by atoms with Gasteiger partial charge in [-0.25, -0.2) is 19.9 Å². The van der Waals surface area contributed by atoms with Gasteiger partial charge < -0.3 is 5.32 Å². The lowest BCUT2D eigenvalue weighted by molar-refractivity contribution is 1.06. The third-order valence-electron chi connectivity index (χ3n) is 7.35. The smallest absolute Gasteiger partial charge is 0.183 e. The number of benzene rings is 4. The molecule has 4 aromatic carbocycles. The van der Waals surface area contributed by atoms with Crippen LogP contribution in [0.25, 0.3) is 71.7 Å². The molecular formula is C35H23N5S. The van der Waals surface area contributed by atoms with E-state index in [2.05, 4.69) is 90.3 Å². The third kappa shape index (κ3) is 4.17. The summed E-state index contributed by atoms with van der Waals surface area (Å²) in [6.07, 6.45) is 4.19. The van der Waals surface area contributed by atoms with E-state index in [4.69, 9.17) is 19.9 Å². The number of thiophene rings is 1. The largest absolute Gasteiger partial charge is 0.379 e. The molecule has 0 aliphatic carbocycles. The van der Waals surface area contributed by atoms with E-state index in [-0.39, 0.29) is 0 Å². The Morgan fingerprint density at radius 2 is 1.15 bits per heavy atom. The summed E-state index contributed by atoms with van der Waals surface area (Å²) in [6, 6.07) is 37.4. The summed E-state index contributed by atoms with van der Waals surface area (Å²) in [4.78, 5) is 20.1. The predicted molar refractivity (Wildman–Crippen MR) is 170 cm³/mol. The van der Waals surface area contributed by atoms with Crippen molar-refractivity contribution in [1.29, 1.82) is 0 Å². The van der Waals surface area contributed by atoms with Crippen LogP contribution in [0.2, 0.25) is 0 Å². The first kappa shape index (κ1) is 23.7. The van der Waals surface area contributed by atoms with Crippen LogP contribution in [0.15, 0.2) is 115 Å². The van der Waals surface area contributed by atoms with Gasteiger partial charge in [-0.05, 0) is 23.3 Å². The second-order valence-corrected chi connectivity index (χ2v) is 11.0. The topological polar surface area (TPSA) is 63.6 Å². The molecule has 41 heavy (non-hydrogen) atoms. The molecular weight excluding hydrogens is 522 g/mol. The summed E-state index contributed by atoms with van der Waals surface area (Å²) >= 11 is 1.73. The first-order valence-corrected chi connectivity index (χ1v) is 14.4. The molecule has 8 rings (SSSR count). The van der Waals surface area contributed by atoms with Crippen LogP contribution in [0.1, 0.15) is 5.69 Å². The van der Waals surface area contributed by atoms with Gasteiger partial charge in [-0.1, -0.05) is 109 Å². The fraction of sp³-hybridized carbons (Fsp3) is 0.0286. The lowest BCUT2D eigenvalue weighted by Gasteiger charge is -2.16. The minimum absolute atomic E-state index is 0.569. The molecule has 1 aliphatic heterocycles. The summed E-state index contributed by atoms with van der Waals surface area (Å²) in [5, 5.41) is 5.94. The monoisotopic (exact) mass is 545 g/mol. The Morgan fingerprint density at radius 1 is 0.561 bits per heavy atom. The van der Waals surface area contributed by atoms with Crippen molar-refractivity contribution in [2.75, 3.05) is 11.9 Å². The van der Waals surface area contributed by atoms with E-state index in [1.54, 1.807) is 11.3 Å². The molecule has 0 saturated heterocycles. The number of nitrogens with zero attached hydrogens (tertiary/aromatic N) is 4. The molecule has 0 unspecified atom stereocenters. The van der Waals surface area contributed by atoms with Gasteiger partial charge in [0.25, 0.3) is 0 Å². The van der Waals surface area contributed by atoms with E-state index in [0.717, 1.165) is 45.0 Å². The molecule has 1 aliphatic rings. The predicted octanol–water partition coefficient (Wildman–Crippen LogP) is 8.74. The molecule has 194 valence electrons. The SMILES string of the molecule is C1=Cc2nc(-c3nc(-c4ccccc4)nc(-c4ccc(-c5ccccc5)cc4)n3)c3sc4ccccc4c3c2NC1. The van der Waals surface area contributed by atoms with Gasteiger partial charge in [0.1, 0.15) is 5.69 Å². The first-order valence-electron chi connectivity index (χ1n) is 13.6. The van der Waals surface area contributed by atoms with Crippen LogP contribution >= 0.6 is 11.3 Å². The molecule has 0 atom stereocenters. The normalized spacial score (nSPS) is 12.4. The van der Waals surface area contributed by atoms with Gasteiger partial charge >= 0.3 is 0 Å². The highest BCUT2D eigenvalue weighted by Crippen LogP contribution is 2.44. The molecule has 1 N–H and O–H groups in total. The summed E-state index contributed by atoms with van der Waals surface area (Å²) < 4.78 is 2.28. The zero-order valence-corrected chi connectivity index (χ0v) is 22.8. The fourth-order valence-corrected chi connectivity index (χ4v) is 6.56. The lowest BCUT2D eigenvalue weighted by Crippen LogP contribution is -2.08. The van der Waals surface area contributed by atoms with Crippen LogP contribution < -0.4 is 5.32 Å². The molecule has 4 heterocycles. The van der Waals surface area contributed by atoms with Gasteiger partial charge in [-0.15, -0.1) is 11.3 Å². The Labute approximate surface area is 240 Å². The van der Waals surface area contributed by atoms with E-state index >= 15 is 0 Å². The summed E-state index contributed by atoms with van der Waals surface area (Å²) in [7, 11) is 0. The van der Waals surface area contributed by atoms with E-state index in [1.807, 2.05) is 36.4 Å². The molecule has 5 nitrogen and oxygen atoms in total. The van der Waals surface area contributed by atoms with Crippen molar-refractivity contribution in [2.45, 2.75) is 0 Å². The Hall–Kier alpha value is -5.20. The number of pyridine rings is 1. The number of hydrogen-bond acceptors (Lipinski definition) is 6. The zero-order valence-electron chi connectivity index (χ0n) is 22.0. The second kappa shape index (κ2) is 9.77. The second-order valence-electron chi connectivity index (χ2n) is 9.92. The minimum atomic E-state index is 0.569. The van der Waals surface area contributed by atoms with Gasteiger partial charge in [0.15, 0.2) is 17.5 Å². The highest BCUT2D eigenvalue weighted by Gasteiger charge is 2.23. The van der Waals surface area contributed by atoms with Gasteiger partial charge in [-0.3, -0.25) is 0 Å². The Kier molecular flexibility index (Phi) is 5.64. The van der Waals surface area contributed by atoms with Crippen LogP contribution in [0, 0.1) is 0 Å². The van der Waals surface area contributed by atoms with Gasteiger partial charge in [0.05, 0.1) is 16.1 Å². The molecule has 0 bridgehead atoms. The highest BCUT2D eigenvalue weighted by molar-refractivity contribution is 7.26. The molecule has 0 radical (unpaired) electrons. The van der Waals surface area contributed by atoms with E-state index < -0.39 is 0 Å². The summed E-state index contributed by atoms with van der Waals surface area (Å²) in [5.41, 5.74) is 6.93. The highest BCUT2D eigenvalue weighted by atomic mass is 32.1. The van der Waals surface area contributed by atoms with Crippen LogP contribution in [0.4, 0.5) is 5.69 Å². The minimum Gasteiger partial charge on any atom is -0.379 e. The average molecular weight is 546 g/mol. The lowest BCUT2D eigenvalue weighted by atomic mass is 10.0. The number of hydrogen-bond donors (Lipinski definition) is 1.